The Balaban J connectivity index is 1.99. The zero-order chi connectivity index (χ0) is 22.5. The SMILES string of the molecule is CCOCCCN1C(=O)C(=Cc2c(NCC(C)C)nc3c(C)cccn3c2=O)SC1=S. The molecule has 3 heterocycles. The fourth-order valence-electron chi connectivity index (χ4n) is 3.17. The highest BCUT2D eigenvalue weighted by Gasteiger charge is 2.32. The maximum Gasteiger partial charge on any atom is 0.267 e. The number of anilines is 1. The lowest BCUT2D eigenvalue weighted by atomic mass is 10.2. The van der Waals surface area contributed by atoms with Gasteiger partial charge in [-0.2, -0.15) is 0 Å². The smallest absolute Gasteiger partial charge is 0.267 e. The predicted molar refractivity (Wildman–Crippen MR) is 131 cm³/mol. The van der Waals surface area contributed by atoms with Crippen molar-refractivity contribution >= 4 is 51.7 Å². The van der Waals surface area contributed by atoms with Crippen molar-refractivity contribution in [2.75, 3.05) is 31.6 Å². The van der Waals surface area contributed by atoms with Gasteiger partial charge >= 0.3 is 0 Å². The Morgan fingerprint density at radius 2 is 2.13 bits per heavy atom. The Kier molecular flexibility index (Phi) is 7.85. The zero-order valence-electron chi connectivity index (χ0n) is 18.3. The lowest BCUT2D eigenvalue weighted by Gasteiger charge is -2.14. The fourth-order valence-corrected chi connectivity index (χ4v) is 4.46. The van der Waals surface area contributed by atoms with E-state index in [9.17, 15) is 9.59 Å². The molecule has 166 valence electrons. The second-order valence-electron chi connectivity index (χ2n) is 7.72. The summed E-state index contributed by atoms with van der Waals surface area (Å²) in [6, 6.07) is 3.73. The van der Waals surface area contributed by atoms with Gasteiger partial charge in [0.15, 0.2) is 0 Å². The first-order valence-corrected chi connectivity index (χ1v) is 11.6. The lowest BCUT2D eigenvalue weighted by Crippen LogP contribution is -2.29. The van der Waals surface area contributed by atoms with Gasteiger partial charge < -0.3 is 10.1 Å². The van der Waals surface area contributed by atoms with Gasteiger partial charge in [0, 0.05) is 32.5 Å². The number of fused-ring (bicyclic) bond motifs is 1. The second-order valence-corrected chi connectivity index (χ2v) is 9.40. The van der Waals surface area contributed by atoms with Gasteiger partial charge in [-0.15, -0.1) is 0 Å². The molecule has 1 fully saturated rings. The molecular formula is C22H28N4O3S2. The Bertz CT molecular complexity index is 1080. The topological polar surface area (TPSA) is 75.9 Å². The highest BCUT2D eigenvalue weighted by Crippen LogP contribution is 2.33. The maximum absolute atomic E-state index is 13.3. The minimum Gasteiger partial charge on any atom is -0.382 e. The number of aromatic nitrogens is 2. The molecule has 2 aromatic rings. The number of hydrogen-bond donors (Lipinski definition) is 1. The molecule has 2 aromatic heterocycles. The third-order valence-electron chi connectivity index (χ3n) is 4.79. The minimum atomic E-state index is -0.221. The summed E-state index contributed by atoms with van der Waals surface area (Å²) in [5.41, 5.74) is 1.64. The molecular weight excluding hydrogens is 432 g/mol. The van der Waals surface area contributed by atoms with Gasteiger partial charge in [-0.3, -0.25) is 18.9 Å². The van der Waals surface area contributed by atoms with E-state index < -0.39 is 0 Å². The van der Waals surface area contributed by atoms with E-state index in [0.29, 0.717) is 64.9 Å². The molecule has 1 aliphatic heterocycles. The van der Waals surface area contributed by atoms with E-state index in [4.69, 9.17) is 21.9 Å². The van der Waals surface area contributed by atoms with Crippen LogP contribution in [0.25, 0.3) is 11.7 Å². The third-order valence-corrected chi connectivity index (χ3v) is 6.16. The van der Waals surface area contributed by atoms with Crippen LogP contribution in [0.5, 0.6) is 0 Å². The molecule has 3 rings (SSSR count). The largest absolute Gasteiger partial charge is 0.382 e. The standard InChI is InChI=1S/C22H28N4O3S2/c1-5-29-11-7-10-26-21(28)17(31-22(26)30)12-16-18(23-13-14(2)3)24-19-15(4)8-6-9-25(19)20(16)27/h6,8-9,12,14,23H,5,7,10-11,13H2,1-4H3. The van der Waals surface area contributed by atoms with E-state index in [1.807, 2.05) is 26.0 Å². The molecule has 9 heteroatoms. The summed E-state index contributed by atoms with van der Waals surface area (Å²) >= 11 is 6.62. The summed E-state index contributed by atoms with van der Waals surface area (Å²) < 4.78 is 7.36. The van der Waals surface area contributed by atoms with Crippen molar-refractivity contribution in [3.05, 3.63) is 44.7 Å². The summed E-state index contributed by atoms with van der Waals surface area (Å²) in [7, 11) is 0. The van der Waals surface area contributed by atoms with Crippen LogP contribution in [0.4, 0.5) is 5.82 Å². The molecule has 1 amide bonds. The van der Waals surface area contributed by atoms with E-state index in [1.54, 1.807) is 17.2 Å². The normalized spacial score (nSPS) is 15.6. The number of hydrogen-bond acceptors (Lipinski definition) is 7. The van der Waals surface area contributed by atoms with E-state index in [-0.39, 0.29) is 11.5 Å². The van der Waals surface area contributed by atoms with Crippen LogP contribution < -0.4 is 10.9 Å². The minimum absolute atomic E-state index is 0.185. The van der Waals surface area contributed by atoms with Gasteiger partial charge in [0.25, 0.3) is 11.5 Å². The average molecular weight is 461 g/mol. The number of carbonyl (C=O) groups is 1. The highest BCUT2D eigenvalue weighted by molar-refractivity contribution is 8.26. The molecule has 0 unspecified atom stereocenters. The van der Waals surface area contributed by atoms with Crippen LogP contribution in [0.2, 0.25) is 0 Å². The molecule has 0 bridgehead atoms. The Hall–Kier alpha value is -2.23. The number of ether oxygens (including phenoxy) is 1. The molecule has 0 aliphatic carbocycles. The van der Waals surface area contributed by atoms with Gasteiger partial charge in [-0.25, -0.2) is 4.98 Å². The molecule has 31 heavy (non-hydrogen) atoms. The van der Waals surface area contributed by atoms with Crippen molar-refractivity contribution in [3.8, 4) is 0 Å². The molecule has 1 aliphatic rings. The van der Waals surface area contributed by atoms with Crippen LogP contribution in [-0.2, 0) is 9.53 Å². The number of rotatable bonds is 9. The molecule has 0 atom stereocenters. The van der Waals surface area contributed by atoms with Crippen molar-refractivity contribution in [2.45, 2.75) is 34.1 Å². The van der Waals surface area contributed by atoms with Crippen molar-refractivity contribution in [1.82, 2.24) is 14.3 Å². The maximum atomic E-state index is 13.3. The van der Waals surface area contributed by atoms with Gasteiger partial charge in [-0.1, -0.05) is 43.9 Å². The number of thioether (sulfide) groups is 1. The predicted octanol–water partition coefficient (Wildman–Crippen LogP) is 3.70. The number of aryl methyl sites for hydroxylation is 1. The Morgan fingerprint density at radius 1 is 1.35 bits per heavy atom. The van der Waals surface area contributed by atoms with Gasteiger partial charge in [0.1, 0.15) is 15.8 Å². The molecule has 1 N–H and O–H groups in total. The summed E-state index contributed by atoms with van der Waals surface area (Å²) in [5.74, 6) is 0.665. The van der Waals surface area contributed by atoms with Gasteiger partial charge in [-0.05, 0) is 43.9 Å². The highest BCUT2D eigenvalue weighted by atomic mass is 32.2. The molecule has 0 saturated carbocycles. The molecule has 0 radical (unpaired) electrons. The van der Waals surface area contributed by atoms with Crippen LogP contribution >= 0.6 is 24.0 Å². The first-order valence-electron chi connectivity index (χ1n) is 10.4. The molecule has 0 aromatic carbocycles. The van der Waals surface area contributed by atoms with Crippen LogP contribution in [0.1, 0.15) is 38.3 Å². The number of pyridine rings is 1. The van der Waals surface area contributed by atoms with E-state index in [2.05, 4.69) is 19.2 Å². The number of amides is 1. The Morgan fingerprint density at radius 3 is 2.84 bits per heavy atom. The lowest BCUT2D eigenvalue weighted by molar-refractivity contribution is -0.122. The quantitative estimate of drug-likeness (QED) is 0.347. The fraction of sp³-hybridized carbons (Fsp3) is 0.455. The van der Waals surface area contributed by atoms with Crippen LogP contribution in [0.15, 0.2) is 28.0 Å². The third kappa shape index (κ3) is 5.34. The van der Waals surface area contributed by atoms with Crippen molar-refractivity contribution in [2.24, 2.45) is 5.92 Å². The summed E-state index contributed by atoms with van der Waals surface area (Å²) in [6.45, 7) is 10.4. The summed E-state index contributed by atoms with van der Waals surface area (Å²) in [6.07, 6.45) is 4.02. The van der Waals surface area contributed by atoms with Gasteiger partial charge in [0.2, 0.25) is 0 Å². The number of carbonyl (C=O) groups excluding carboxylic acids is 1. The van der Waals surface area contributed by atoms with Crippen LogP contribution in [0, 0.1) is 12.8 Å². The first kappa shape index (κ1) is 23.4. The summed E-state index contributed by atoms with van der Waals surface area (Å²) in [4.78, 5) is 33.0. The average Bonchev–Trinajstić information content (AvgIpc) is 2.99. The van der Waals surface area contributed by atoms with Gasteiger partial charge in [0.05, 0.1) is 10.5 Å². The number of nitrogens with one attached hydrogen (secondary N) is 1. The Labute approximate surface area is 191 Å². The molecule has 0 spiro atoms. The van der Waals surface area contributed by atoms with Crippen molar-refractivity contribution in [3.63, 3.8) is 0 Å². The molecule has 7 nitrogen and oxygen atoms in total. The van der Waals surface area contributed by atoms with Crippen molar-refractivity contribution in [1.29, 1.82) is 0 Å². The molecule has 1 saturated heterocycles. The first-order chi connectivity index (χ1) is 14.8. The summed E-state index contributed by atoms with van der Waals surface area (Å²) in [5, 5.41) is 3.28. The van der Waals surface area contributed by atoms with Crippen LogP contribution in [-0.4, -0.2) is 50.8 Å². The van der Waals surface area contributed by atoms with Crippen molar-refractivity contribution < 1.29 is 9.53 Å². The van der Waals surface area contributed by atoms with Crippen LogP contribution in [0.3, 0.4) is 0 Å². The van der Waals surface area contributed by atoms with E-state index in [0.717, 1.165) is 5.56 Å². The second kappa shape index (κ2) is 10.4. The zero-order valence-corrected chi connectivity index (χ0v) is 19.9. The van der Waals surface area contributed by atoms with E-state index >= 15 is 0 Å². The number of nitrogens with zero attached hydrogens (tertiary/aromatic N) is 3. The monoisotopic (exact) mass is 460 g/mol. The van der Waals surface area contributed by atoms with E-state index in [1.165, 1.54) is 16.2 Å². The number of thiocarbonyl (C=S) groups is 1.